The number of hydrogen-bond donors (Lipinski definition) is 0. The Hall–Kier alpha value is -7.15. The molecule has 0 atom stereocenters. The first-order valence-corrected chi connectivity index (χ1v) is 17.1. The summed E-state index contributed by atoms with van der Waals surface area (Å²) in [5.74, 6) is 0. The monoisotopic (exact) mass is 660 g/mol. The van der Waals surface area contributed by atoms with Gasteiger partial charge in [-0.15, -0.1) is 0 Å². The van der Waals surface area contributed by atoms with Crippen LogP contribution in [0.3, 0.4) is 0 Å². The van der Waals surface area contributed by atoms with Gasteiger partial charge in [0, 0.05) is 45.1 Å². The summed E-state index contributed by atoms with van der Waals surface area (Å²) >= 11 is 0. The molecule has 52 heavy (non-hydrogen) atoms. The van der Waals surface area contributed by atoms with Crippen LogP contribution in [-0.4, -0.2) is 23.4 Å². The molecular weight excluding hydrogens is 634 g/mol. The molecule has 8 heteroatoms. The summed E-state index contributed by atoms with van der Waals surface area (Å²) in [6.45, 7) is -0.211. The van der Waals surface area contributed by atoms with Crippen LogP contribution in [0.15, 0.2) is 168 Å². The van der Waals surface area contributed by atoms with Crippen molar-refractivity contribution >= 4 is 89.6 Å². The van der Waals surface area contributed by atoms with E-state index in [0.29, 0.717) is 10.7 Å². The third-order valence-corrected chi connectivity index (χ3v) is 10.1. The smallest absolute Gasteiger partial charge is 0.265 e. The highest BCUT2D eigenvalue weighted by Gasteiger charge is 2.26. The summed E-state index contributed by atoms with van der Waals surface area (Å²) in [5, 5.41) is 28.6. The molecule has 0 aliphatic heterocycles. The number of pyridine rings is 2. The zero-order chi connectivity index (χ0) is 35.0. The van der Waals surface area contributed by atoms with Gasteiger partial charge in [0.15, 0.2) is 0 Å². The molecule has 0 radical (unpaired) electrons. The van der Waals surface area contributed by atoms with Crippen molar-refractivity contribution < 1.29 is 0 Å². The first kappa shape index (κ1) is 30.9. The number of nitrogens with zero attached hydrogens (tertiary/aromatic N) is 6. The van der Waals surface area contributed by atoms with Crippen molar-refractivity contribution in [2.75, 3.05) is 0 Å². The maximum absolute atomic E-state index is 9.94. The molecule has 9 rings (SSSR count). The second kappa shape index (κ2) is 12.9. The van der Waals surface area contributed by atoms with Crippen molar-refractivity contribution in [2.45, 2.75) is 0 Å². The predicted molar refractivity (Wildman–Crippen MR) is 212 cm³/mol. The van der Waals surface area contributed by atoms with E-state index in [4.69, 9.17) is 9.97 Å². The van der Waals surface area contributed by atoms with Crippen molar-refractivity contribution in [1.82, 2.24) is 9.97 Å². The molecule has 0 saturated carbocycles. The molecule has 0 fully saturated rings. The fourth-order valence-electron chi connectivity index (χ4n) is 7.87. The van der Waals surface area contributed by atoms with E-state index in [-0.39, 0.29) is 13.4 Å². The number of fused-ring (bicyclic) bond motifs is 6. The molecule has 0 aliphatic carbocycles. The minimum absolute atomic E-state index is 0.106. The van der Waals surface area contributed by atoms with E-state index < -0.39 is 0 Å². The van der Waals surface area contributed by atoms with Crippen LogP contribution in [0.2, 0.25) is 0 Å². The van der Waals surface area contributed by atoms with Gasteiger partial charge in [-0.3, -0.25) is 9.97 Å². The zero-order valence-corrected chi connectivity index (χ0v) is 27.8. The number of aromatic nitrogens is 2. The maximum Gasteiger partial charge on any atom is 0.265 e. The van der Waals surface area contributed by atoms with Crippen LogP contribution >= 0.6 is 0 Å². The predicted octanol–water partition coefficient (Wildman–Crippen LogP) is 3.76. The molecule has 9 aromatic rings. The molecule has 238 valence electrons. The van der Waals surface area contributed by atoms with Crippen LogP contribution in [-0.2, 0) is 0 Å². The number of hydrogen-bond acceptors (Lipinski definition) is 6. The summed E-state index contributed by atoms with van der Waals surface area (Å²) in [6, 6.07) is 49.7. The summed E-state index contributed by atoms with van der Waals surface area (Å²) in [7, 11) is 0. The Morgan fingerprint density at radius 1 is 0.385 bits per heavy atom. The zero-order valence-electron chi connectivity index (χ0n) is 27.8. The van der Waals surface area contributed by atoms with Crippen molar-refractivity contribution in [2.24, 2.45) is 9.98 Å². The number of nitriles is 2. The normalized spacial score (nSPS) is 12.0. The Morgan fingerprint density at radius 3 is 1.19 bits per heavy atom. The first-order chi connectivity index (χ1) is 25.7. The highest BCUT2D eigenvalue weighted by molar-refractivity contribution is 6.95. The SMILES string of the molecule is N#CN=c1c2cc(B(c3ccccc3)c3ccccn3)ccc2c2cc3c(cc12)c(=NC#N)c1cc(B(c2ccccc2)c2ccccn2)ccc13. The second-order valence-electron chi connectivity index (χ2n) is 12.9. The second-order valence-corrected chi connectivity index (χ2v) is 12.9. The summed E-state index contributed by atoms with van der Waals surface area (Å²) in [6.07, 6.45) is 7.76. The Bertz CT molecular complexity index is 2700. The highest BCUT2D eigenvalue weighted by atomic mass is 14.7. The highest BCUT2D eigenvalue weighted by Crippen LogP contribution is 2.32. The number of benzene rings is 5. The van der Waals surface area contributed by atoms with E-state index in [1.807, 2.05) is 85.2 Å². The van der Waals surface area contributed by atoms with E-state index >= 15 is 0 Å². The van der Waals surface area contributed by atoms with E-state index in [1.165, 1.54) is 0 Å². The van der Waals surface area contributed by atoms with Crippen molar-refractivity contribution in [3.8, 4) is 12.4 Å². The lowest BCUT2D eigenvalue weighted by molar-refractivity contribution is 1.37. The van der Waals surface area contributed by atoms with E-state index in [0.717, 1.165) is 76.1 Å². The van der Waals surface area contributed by atoms with Gasteiger partial charge >= 0.3 is 0 Å². The largest absolute Gasteiger partial charge is 0.270 e. The van der Waals surface area contributed by atoms with Gasteiger partial charge in [0.2, 0.25) is 12.4 Å². The third-order valence-electron chi connectivity index (χ3n) is 10.1. The van der Waals surface area contributed by atoms with Crippen molar-refractivity contribution in [1.29, 1.82) is 10.5 Å². The molecule has 2 heterocycles. The van der Waals surface area contributed by atoms with Gasteiger partial charge in [-0.1, -0.05) is 131 Å². The van der Waals surface area contributed by atoms with Crippen molar-refractivity contribution in [3.63, 3.8) is 0 Å². The third kappa shape index (κ3) is 5.14. The molecule has 0 amide bonds. The Balaban J connectivity index is 1.28. The van der Waals surface area contributed by atoms with Crippen LogP contribution in [0, 0.1) is 22.9 Å². The fourth-order valence-corrected chi connectivity index (χ4v) is 7.87. The van der Waals surface area contributed by atoms with Crippen molar-refractivity contribution in [3.05, 3.63) is 169 Å². The first-order valence-electron chi connectivity index (χ1n) is 17.1. The molecule has 0 bridgehead atoms. The standard InChI is InChI=1S/C44H26B2N6/c47-27-51-43-37-23-31(45(29-11-3-1-4-12-29)41-15-7-9-21-49-41)17-19-33(37)35-25-36-34-20-18-32(24-38(34)44(52-28-48)40(36)26-39(35)43)46(30-13-5-2-6-14-30)42-16-8-10-22-50-42/h1-26H. The maximum atomic E-state index is 9.94. The van der Waals surface area contributed by atoms with Crippen LogP contribution in [0.1, 0.15) is 0 Å². The van der Waals surface area contributed by atoms with E-state index in [1.54, 1.807) is 0 Å². The van der Waals surface area contributed by atoms with E-state index in [2.05, 4.69) is 95.2 Å². The Morgan fingerprint density at radius 2 is 0.788 bits per heavy atom. The van der Waals surface area contributed by atoms with Gasteiger partial charge in [0.25, 0.3) is 13.4 Å². The summed E-state index contributed by atoms with van der Waals surface area (Å²) in [5.41, 5.74) is 6.24. The molecular formula is C44H26B2N6. The Labute approximate surface area is 300 Å². The van der Waals surface area contributed by atoms with Crippen LogP contribution in [0.5, 0.6) is 0 Å². The van der Waals surface area contributed by atoms with Gasteiger partial charge in [0.1, 0.15) is 0 Å². The summed E-state index contributed by atoms with van der Waals surface area (Å²) in [4.78, 5) is 18.3. The minimum Gasteiger partial charge on any atom is -0.270 e. The lowest BCUT2D eigenvalue weighted by atomic mass is 9.38. The molecule has 0 aliphatic rings. The molecule has 0 N–H and O–H groups in total. The van der Waals surface area contributed by atoms with Crippen LogP contribution < -0.4 is 43.8 Å². The van der Waals surface area contributed by atoms with E-state index in [9.17, 15) is 10.5 Å². The van der Waals surface area contributed by atoms with Crippen LogP contribution in [0.25, 0.3) is 43.1 Å². The molecule has 2 aromatic heterocycles. The minimum atomic E-state index is -0.106. The average Bonchev–Trinajstić information content (AvgIpc) is 3.66. The fraction of sp³-hybridized carbons (Fsp3) is 0. The lowest BCUT2D eigenvalue weighted by Gasteiger charge is -2.14. The van der Waals surface area contributed by atoms with Gasteiger partial charge < -0.3 is 0 Å². The lowest BCUT2D eigenvalue weighted by Crippen LogP contribution is -2.53. The van der Waals surface area contributed by atoms with Gasteiger partial charge in [-0.25, -0.2) is 0 Å². The quantitative estimate of drug-likeness (QED) is 0.201. The molecule has 0 spiro atoms. The molecule has 0 saturated heterocycles. The average molecular weight is 660 g/mol. The van der Waals surface area contributed by atoms with Crippen LogP contribution in [0.4, 0.5) is 0 Å². The topological polar surface area (TPSA) is 98.1 Å². The van der Waals surface area contributed by atoms with Gasteiger partial charge in [-0.05, 0) is 57.9 Å². The molecule has 0 unspecified atom stereocenters. The summed E-state index contributed by atoms with van der Waals surface area (Å²) < 4.78 is 0. The Kier molecular flexibility index (Phi) is 7.69. The molecule has 7 aromatic carbocycles. The molecule has 6 nitrogen and oxygen atoms in total. The number of rotatable bonds is 6. The van der Waals surface area contributed by atoms with Gasteiger partial charge in [0.05, 0.1) is 10.7 Å². The van der Waals surface area contributed by atoms with Gasteiger partial charge in [-0.2, -0.15) is 20.5 Å².